The maximum absolute atomic E-state index is 11.5. The summed E-state index contributed by atoms with van der Waals surface area (Å²) in [7, 11) is 0. The predicted octanol–water partition coefficient (Wildman–Crippen LogP) is 2.74. The van der Waals surface area contributed by atoms with Gasteiger partial charge in [-0.25, -0.2) is 4.79 Å². The van der Waals surface area contributed by atoms with Crippen LogP contribution in [0.3, 0.4) is 0 Å². The number of fused-ring (bicyclic) bond motifs is 3. The van der Waals surface area contributed by atoms with E-state index in [9.17, 15) is 4.79 Å². The fraction of sp³-hybridized carbons (Fsp3) is 0.308. The van der Waals surface area contributed by atoms with Crippen molar-refractivity contribution in [3.63, 3.8) is 0 Å². The molecule has 0 fully saturated rings. The number of allylic oxidation sites excluding steroid dienone is 2. The summed E-state index contributed by atoms with van der Waals surface area (Å²) in [4.78, 5) is 13.2. The fourth-order valence-electron chi connectivity index (χ4n) is 2.79. The van der Waals surface area contributed by atoms with Crippen LogP contribution in [0.1, 0.15) is 30.7 Å². The number of hydrogen-bond donors (Lipinski definition) is 1. The highest BCUT2D eigenvalue weighted by Gasteiger charge is 2.36. The van der Waals surface area contributed by atoms with E-state index in [2.05, 4.69) is 12.1 Å². The van der Waals surface area contributed by atoms with Crippen molar-refractivity contribution < 1.29 is 4.79 Å². The number of nitrogens with zero attached hydrogens (tertiary/aromatic N) is 1. The van der Waals surface area contributed by atoms with E-state index in [0.717, 1.165) is 24.2 Å². The molecule has 1 aliphatic carbocycles. The molecule has 2 N–H and O–H groups in total. The highest BCUT2D eigenvalue weighted by Crippen LogP contribution is 2.47. The molecule has 0 aromatic heterocycles. The Morgan fingerprint density at radius 1 is 1.38 bits per heavy atom. The summed E-state index contributed by atoms with van der Waals surface area (Å²) in [6.45, 7) is 0. The molecule has 1 unspecified atom stereocenters. The first kappa shape index (κ1) is 9.46. The zero-order chi connectivity index (χ0) is 11.1. The number of nitrogens with two attached hydrogens (primary N) is 1. The molecule has 1 aliphatic heterocycles. The van der Waals surface area contributed by atoms with Crippen LogP contribution in [0.25, 0.3) is 0 Å². The third kappa shape index (κ3) is 1.18. The van der Waals surface area contributed by atoms with E-state index in [-0.39, 0.29) is 6.03 Å². The monoisotopic (exact) mass is 214 g/mol. The molecule has 0 saturated heterocycles. The summed E-state index contributed by atoms with van der Waals surface area (Å²) < 4.78 is 0. The highest BCUT2D eigenvalue weighted by molar-refractivity contribution is 5.97. The predicted molar refractivity (Wildman–Crippen MR) is 63.2 cm³/mol. The van der Waals surface area contributed by atoms with Gasteiger partial charge in [-0.1, -0.05) is 24.3 Å². The van der Waals surface area contributed by atoms with Crippen LogP contribution >= 0.6 is 0 Å². The largest absolute Gasteiger partial charge is 0.351 e. The third-order valence-electron chi connectivity index (χ3n) is 3.44. The van der Waals surface area contributed by atoms with E-state index in [1.807, 2.05) is 18.2 Å². The van der Waals surface area contributed by atoms with Gasteiger partial charge in [0, 0.05) is 11.6 Å². The minimum Gasteiger partial charge on any atom is -0.351 e. The van der Waals surface area contributed by atoms with E-state index in [4.69, 9.17) is 5.73 Å². The lowest BCUT2D eigenvalue weighted by molar-refractivity contribution is 0.255. The van der Waals surface area contributed by atoms with Gasteiger partial charge >= 0.3 is 6.03 Å². The highest BCUT2D eigenvalue weighted by atomic mass is 16.2. The molecule has 1 heterocycles. The summed E-state index contributed by atoms with van der Waals surface area (Å²) >= 11 is 0. The number of carbonyl (C=O) groups excluding carboxylic acids is 1. The summed E-state index contributed by atoms with van der Waals surface area (Å²) in [5.74, 6) is 0.373. The summed E-state index contributed by atoms with van der Waals surface area (Å²) in [6, 6.07) is 7.67. The van der Waals surface area contributed by atoms with Gasteiger partial charge in [0.1, 0.15) is 0 Å². The standard InChI is InChI=1S/C13H14N2O/c14-13(16)15-11-7-3-1-5-9(11)10-6-2-4-8-12(10)15/h1,3,5,7-8,10H,2,4,6H2,(H2,14,16). The van der Waals surface area contributed by atoms with E-state index in [0.29, 0.717) is 5.92 Å². The number of benzene rings is 1. The van der Waals surface area contributed by atoms with Crippen molar-refractivity contribution in [3.8, 4) is 0 Å². The molecule has 16 heavy (non-hydrogen) atoms. The minimum absolute atomic E-state index is 0.372. The third-order valence-corrected chi connectivity index (χ3v) is 3.44. The summed E-state index contributed by atoms with van der Waals surface area (Å²) in [5, 5.41) is 0. The Bertz CT molecular complexity index is 479. The van der Waals surface area contributed by atoms with Crippen molar-refractivity contribution in [2.45, 2.75) is 25.2 Å². The van der Waals surface area contributed by atoms with Gasteiger partial charge in [0.25, 0.3) is 0 Å². The normalized spacial score (nSPS) is 22.4. The van der Waals surface area contributed by atoms with Crippen molar-refractivity contribution in [2.24, 2.45) is 5.73 Å². The lowest BCUT2D eigenvalue weighted by Crippen LogP contribution is -2.33. The Hall–Kier alpha value is -1.77. The van der Waals surface area contributed by atoms with Crippen molar-refractivity contribution in [2.75, 3.05) is 4.90 Å². The minimum atomic E-state index is -0.372. The smallest absolute Gasteiger partial charge is 0.323 e. The zero-order valence-electron chi connectivity index (χ0n) is 9.02. The SMILES string of the molecule is NC(=O)N1C2=CCCCC2c2ccccc21. The lowest BCUT2D eigenvalue weighted by atomic mass is 9.89. The molecule has 2 amide bonds. The van der Waals surface area contributed by atoms with Crippen molar-refractivity contribution >= 4 is 11.7 Å². The Kier molecular flexibility index (Phi) is 1.99. The maximum atomic E-state index is 11.5. The Balaban J connectivity index is 2.19. The molecule has 1 atom stereocenters. The van der Waals surface area contributed by atoms with E-state index in [1.165, 1.54) is 12.0 Å². The molecule has 3 nitrogen and oxygen atoms in total. The van der Waals surface area contributed by atoms with Crippen LogP contribution in [-0.4, -0.2) is 6.03 Å². The number of carbonyl (C=O) groups is 1. The molecule has 2 aliphatic rings. The second-order valence-electron chi connectivity index (χ2n) is 4.34. The van der Waals surface area contributed by atoms with Gasteiger partial charge in [0.15, 0.2) is 0 Å². The first-order valence-electron chi connectivity index (χ1n) is 5.67. The van der Waals surface area contributed by atoms with E-state index < -0.39 is 0 Å². The second kappa shape index (κ2) is 3.37. The number of primary amides is 1. The summed E-state index contributed by atoms with van der Waals surface area (Å²) in [6.07, 6.45) is 5.50. The van der Waals surface area contributed by atoms with Crippen LogP contribution in [0.4, 0.5) is 10.5 Å². The molecule has 0 bridgehead atoms. The quantitative estimate of drug-likeness (QED) is 0.709. The van der Waals surface area contributed by atoms with Crippen LogP contribution in [0.5, 0.6) is 0 Å². The molecule has 0 radical (unpaired) electrons. The first-order valence-corrected chi connectivity index (χ1v) is 5.67. The second-order valence-corrected chi connectivity index (χ2v) is 4.34. The van der Waals surface area contributed by atoms with Gasteiger partial charge in [-0.2, -0.15) is 0 Å². The average molecular weight is 214 g/mol. The van der Waals surface area contributed by atoms with Crippen molar-refractivity contribution in [1.82, 2.24) is 0 Å². The van der Waals surface area contributed by atoms with Gasteiger partial charge in [-0.3, -0.25) is 4.90 Å². The molecule has 3 rings (SSSR count). The van der Waals surface area contributed by atoms with Gasteiger partial charge < -0.3 is 5.73 Å². The van der Waals surface area contributed by atoms with Gasteiger partial charge in [-0.15, -0.1) is 0 Å². The van der Waals surface area contributed by atoms with Crippen LogP contribution in [0.2, 0.25) is 0 Å². The van der Waals surface area contributed by atoms with Crippen LogP contribution in [0.15, 0.2) is 36.0 Å². The number of rotatable bonds is 0. The lowest BCUT2D eigenvalue weighted by Gasteiger charge is -2.22. The van der Waals surface area contributed by atoms with Crippen LogP contribution < -0.4 is 10.6 Å². The van der Waals surface area contributed by atoms with Crippen LogP contribution in [0, 0.1) is 0 Å². The topological polar surface area (TPSA) is 46.3 Å². The number of urea groups is 1. The van der Waals surface area contributed by atoms with Gasteiger partial charge in [-0.05, 0) is 30.9 Å². The number of para-hydroxylation sites is 1. The molecular formula is C13H14N2O. The molecule has 1 aromatic carbocycles. The Morgan fingerprint density at radius 2 is 2.19 bits per heavy atom. The zero-order valence-corrected chi connectivity index (χ0v) is 9.02. The Labute approximate surface area is 94.5 Å². The van der Waals surface area contributed by atoms with E-state index >= 15 is 0 Å². The van der Waals surface area contributed by atoms with E-state index in [1.54, 1.807) is 4.90 Å². The van der Waals surface area contributed by atoms with Gasteiger partial charge in [0.05, 0.1) is 5.69 Å². The molecule has 1 aromatic rings. The van der Waals surface area contributed by atoms with Crippen molar-refractivity contribution in [3.05, 3.63) is 41.6 Å². The molecule has 3 heteroatoms. The fourth-order valence-corrected chi connectivity index (χ4v) is 2.79. The van der Waals surface area contributed by atoms with Crippen molar-refractivity contribution in [1.29, 1.82) is 0 Å². The average Bonchev–Trinajstić information content (AvgIpc) is 2.63. The van der Waals surface area contributed by atoms with Gasteiger partial charge in [0.2, 0.25) is 0 Å². The number of hydrogen-bond acceptors (Lipinski definition) is 1. The van der Waals surface area contributed by atoms with Crippen LogP contribution in [-0.2, 0) is 0 Å². The summed E-state index contributed by atoms with van der Waals surface area (Å²) in [5.41, 5.74) is 8.76. The molecule has 82 valence electrons. The number of anilines is 1. The number of amides is 2. The molecule has 0 spiro atoms. The maximum Gasteiger partial charge on any atom is 0.323 e. The molecule has 0 saturated carbocycles. The first-order chi connectivity index (χ1) is 7.79. The Morgan fingerprint density at radius 3 is 3.00 bits per heavy atom. The molecular weight excluding hydrogens is 200 g/mol.